The second kappa shape index (κ2) is 10.8. The fourth-order valence-corrected chi connectivity index (χ4v) is 4.76. The predicted molar refractivity (Wildman–Crippen MR) is 144 cm³/mol. The van der Waals surface area contributed by atoms with E-state index >= 15 is 4.39 Å². The Kier molecular flexibility index (Phi) is 7.30. The topological polar surface area (TPSA) is 51.1 Å². The molecule has 0 amide bonds. The molecule has 1 aliphatic rings. The van der Waals surface area contributed by atoms with Crippen LogP contribution in [0.15, 0.2) is 96.0 Å². The van der Waals surface area contributed by atoms with Crippen molar-refractivity contribution in [2.75, 3.05) is 19.1 Å². The zero-order valence-corrected chi connectivity index (χ0v) is 21.6. The minimum atomic E-state index is -4.59. The lowest BCUT2D eigenvalue weighted by molar-refractivity contribution is -0.141. The number of ether oxygens (including phenoxy) is 2. The molecule has 5 nitrogen and oxygen atoms in total. The van der Waals surface area contributed by atoms with Gasteiger partial charge in [-0.1, -0.05) is 54.6 Å². The quantitative estimate of drug-likeness (QED) is 0.183. The summed E-state index contributed by atoms with van der Waals surface area (Å²) in [6.07, 6.45) is -4.84. The molecule has 0 spiro atoms. The van der Waals surface area contributed by atoms with Gasteiger partial charge in [0.1, 0.15) is 23.1 Å². The predicted octanol–water partition coefficient (Wildman–Crippen LogP) is 7.72. The second-order valence-corrected chi connectivity index (χ2v) is 9.14. The van der Waals surface area contributed by atoms with Crippen molar-refractivity contribution in [2.45, 2.75) is 18.6 Å². The first-order valence-electron chi connectivity index (χ1n) is 12.3. The van der Waals surface area contributed by atoms with E-state index in [-0.39, 0.29) is 23.6 Å². The highest BCUT2D eigenvalue weighted by Gasteiger charge is 2.37. The van der Waals surface area contributed by atoms with E-state index in [0.717, 1.165) is 23.3 Å². The highest BCUT2D eigenvalue weighted by molar-refractivity contribution is 6.13. The maximum atomic E-state index is 15.1. The lowest BCUT2D eigenvalue weighted by atomic mass is 9.94. The maximum Gasteiger partial charge on any atom is 0.416 e. The van der Waals surface area contributed by atoms with Crippen molar-refractivity contribution in [2.24, 2.45) is 4.99 Å². The largest absolute Gasteiger partial charge is 0.497 e. The molecule has 4 aromatic carbocycles. The Morgan fingerprint density at radius 3 is 2.27 bits per heavy atom. The number of rotatable bonds is 6. The molecule has 0 aromatic heterocycles. The van der Waals surface area contributed by atoms with E-state index in [4.69, 9.17) is 9.47 Å². The fraction of sp³-hybridized carbons (Fsp3) is 0.161. The number of amidine groups is 1. The van der Waals surface area contributed by atoms with Gasteiger partial charge in [0.2, 0.25) is 0 Å². The summed E-state index contributed by atoms with van der Waals surface area (Å²) in [7, 11) is 2.80. The van der Waals surface area contributed by atoms with Crippen LogP contribution in [-0.4, -0.2) is 26.0 Å². The van der Waals surface area contributed by atoms with Gasteiger partial charge in [-0.2, -0.15) is 13.2 Å². The molecule has 9 heteroatoms. The molecule has 0 saturated heterocycles. The fourth-order valence-electron chi connectivity index (χ4n) is 4.76. The first-order valence-corrected chi connectivity index (χ1v) is 12.3. The monoisotopic (exact) mass is 548 g/mol. The number of methoxy groups -OCH3 is 2. The lowest BCUT2D eigenvalue weighted by Gasteiger charge is -2.38. The number of carbonyl (C=O) groups is 1. The molecule has 1 aliphatic heterocycles. The van der Waals surface area contributed by atoms with E-state index in [9.17, 15) is 18.0 Å². The smallest absolute Gasteiger partial charge is 0.416 e. The summed E-state index contributed by atoms with van der Waals surface area (Å²) in [6, 6.07) is 22.9. The van der Waals surface area contributed by atoms with Crippen molar-refractivity contribution in [3.8, 4) is 16.9 Å². The zero-order valence-electron chi connectivity index (χ0n) is 21.6. The Hall–Kier alpha value is -4.66. The van der Waals surface area contributed by atoms with Crippen molar-refractivity contribution >= 4 is 23.2 Å². The minimum Gasteiger partial charge on any atom is -0.497 e. The molecular formula is C31H24F4N2O3. The Bertz CT molecular complexity index is 1580. The van der Waals surface area contributed by atoms with Gasteiger partial charge in [-0.15, -0.1) is 0 Å². The molecule has 40 heavy (non-hydrogen) atoms. The van der Waals surface area contributed by atoms with Gasteiger partial charge >= 0.3 is 12.1 Å². The second-order valence-electron chi connectivity index (χ2n) is 9.14. The van der Waals surface area contributed by atoms with Crippen LogP contribution in [-0.2, 0) is 15.7 Å². The minimum absolute atomic E-state index is 0.0199. The molecule has 0 radical (unpaired) electrons. The average molecular weight is 549 g/mol. The van der Waals surface area contributed by atoms with E-state index in [1.165, 1.54) is 36.3 Å². The number of esters is 1. The Labute approximate surface area is 228 Å². The summed E-state index contributed by atoms with van der Waals surface area (Å²) in [5.74, 6) is -0.330. The number of nitrogens with zero attached hydrogens (tertiary/aromatic N) is 2. The highest BCUT2D eigenvalue weighted by atomic mass is 19.4. The maximum absolute atomic E-state index is 15.1. The summed E-state index contributed by atoms with van der Waals surface area (Å²) in [5, 5.41) is 0. The third-order valence-corrected chi connectivity index (χ3v) is 6.72. The van der Waals surface area contributed by atoms with E-state index in [2.05, 4.69) is 4.99 Å². The highest BCUT2D eigenvalue weighted by Crippen LogP contribution is 2.43. The standard InChI is InChI=1S/C31H24F4N2O3/c1-39-24-9-3-6-21(16-24)19-12-14-20(15-13-19)30-36-29-25(10-5-11-26(29)32)27(18-28(38)40-2)37(30)23-8-4-7-22(17-23)31(33,34)35/h3-17,27H,18H2,1-2H3. The van der Waals surface area contributed by atoms with Crippen molar-refractivity contribution in [1.82, 2.24) is 0 Å². The number of fused-ring (bicyclic) bond motifs is 1. The van der Waals surface area contributed by atoms with E-state index in [1.807, 2.05) is 36.4 Å². The number of hydrogen-bond acceptors (Lipinski definition) is 5. The molecule has 0 bridgehead atoms. The van der Waals surface area contributed by atoms with Crippen LogP contribution < -0.4 is 9.64 Å². The molecule has 1 atom stereocenters. The van der Waals surface area contributed by atoms with Gasteiger partial charge in [-0.25, -0.2) is 9.38 Å². The number of halogens is 4. The third kappa shape index (κ3) is 5.27. The van der Waals surface area contributed by atoms with Crippen molar-refractivity contribution in [3.05, 3.63) is 114 Å². The number of carbonyl (C=O) groups excluding carboxylic acids is 1. The van der Waals surface area contributed by atoms with E-state index in [0.29, 0.717) is 16.9 Å². The molecule has 5 rings (SSSR count). The van der Waals surface area contributed by atoms with Gasteiger partial charge in [-0.05, 0) is 47.5 Å². The number of benzene rings is 4. The van der Waals surface area contributed by atoms with Gasteiger partial charge in [0.25, 0.3) is 0 Å². The molecule has 204 valence electrons. The molecule has 1 heterocycles. The van der Waals surface area contributed by atoms with Crippen molar-refractivity contribution in [1.29, 1.82) is 0 Å². The van der Waals surface area contributed by atoms with Crippen LogP contribution in [0.5, 0.6) is 5.75 Å². The Balaban J connectivity index is 1.68. The van der Waals surface area contributed by atoms with Crippen molar-refractivity contribution in [3.63, 3.8) is 0 Å². The average Bonchev–Trinajstić information content (AvgIpc) is 2.97. The van der Waals surface area contributed by atoms with Gasteiger partial charge in [0, 0.05) is 16.8 Å². The van der Waals surface area contributed by atoms with Gasteiger partial charge in [0.15, 0.2) is 0 Å². The Morgan fingerprint density at radius 1 is 0.875 bits per heavy atom. The van der Waals surface area contributed by atoms with Crippen LogP contribution in [0.1, 0.15) is 29.2 Å². The van der Waals surface area contributed by atoms with Crippen LogP contribution in [0, 0.1) is 5.82 Å². The summed E-state index contributed by atoms with van der Waals surface area (Å²) >= 11 is 0. The first kappa shape index (κ1) is 26.9. The Morgan fingerprint density at radius 2 is 1.57 bits per heavy atom. The lowest BCUT2D eigenvalue weighted by Crippen LogP contribution is -2.39. The van der Waals surface area contributed by atoms with Gasteiger partial charge in [-0.3, -0.25) is 4.79 Å². The zero-order chi connectivity index (χ0) is 28.4. The van der Waals surface area contributed by atoms with Crippen LogP contribution in [0.4, 0.5) is 28.9 Å². The molecule has 0 saturated carbocycles. The molecule has 0 fully saturated rings. The molecule has 0 aliphatic carbocycles. The molecule has 4 aromatic rings. The summed E-state index contributed by atoms with van der Waals surface area (Å²) in [5.41, 5.74) is 1.95. The van der Waals surface area contributed by atoms with Gasteiger partial charge < -0.3 is 14.4 Å². The van der Waals surface area contributed by atoms with Crippen LogP contribution in [0.25, 0.3) is 11.1 Å². The first-order chi connectivity index (χ1) is 19.2. The summed E-state index contributed by atoms with van der Waals surface area (Å²) < 4.78 is 66.3. The van der Waals surface area contributed by atoms with E-state index < -0.39 is 29.6 Å². The molecule has 1 unspecified atom stereocenters. The van der Waals surface area contributed by atoms with Crippen LogP contribution in [0.3, 0.4) is 0 Å². The number of hydrogen-bond donors (Lipinski definition) is 0. The van der Waals surface area contributed by atoms with Crippen LogP contribution in [0.2, 0.25) is 0 Å². The number of aliphatic imine (C=N–C) groups is 1. The van der Waals surface area contributed by atoms with Gasteiger partial charge in [0.05, 0.1) is 32.2 Å². The number of para-hydroxylation sites is 1. The van der Waals surface area contributed by atoms with Crippen LogP contribution >= 0.6 is 0 Å². The van der Waals surface area contributed by atoms with Crippen molar-refractivity contribution < 1.29 is 31.8 Å². The normalized spacial score (nSPS) is 14.8. The summed E-state index contributed by atoms with van der Waals surface area (Å²) in [4.78, 5) is 18.6. The number of anilines is 1. The molecule has 0 N–H and O–H groups in total. The number of alkyl halides is 3. The summed E-state index contributed by atoms with van der Waals surface area (Å²) in [6.45, 7) is 0. The van der Waals surface area contributed by atoms with E-state index in [1.54, 1.807) is 25.3 Å². The SMILES string of the molecule is COC(=O)CC1c2cccc(F)c2N=C(c2ccc(-c3cccc(OC)c3)cc2)N1c1cccc(C(F)(F)F)c1. The molecular weight excluding hydrogens is 524 g/mol. The third-order valence-electron chi connectivity index (χ3n) is 6.72.